The van der Waals surface area contributed by atoms with Gasteiger partial charge in [-0.2, -0.15) is 0 Å². The molecule has 0 radical (unpaired) electrons. The molecule has 0 heterocycles. The fourth-order valence-electron chi connectivity index (χ4n) is 1.16. The smallest absolute Gasteiger partial charge is 0.335 e. The van der Waals surface area contributed by atoms with E-state index in [9.17, 15) is 4.79 Å². The van der Waals surface area contributed by atoms with Crippen molar-refractivity contribution in [2.24, 2.45) is 5.11 Å². The number of benzene rings is 1. The van der Waals surface area contributed by atoms with Gasteiger partial charge in [-0.25, -0.2) is 4.79 Å². The molecular weight excluding hydrogens is 220 g/mol. The lowest BCUT2D eigenvalue weighted by Crippen LogP contribution is -1.98. The first-order chi connectivity index (χ1) is 8.13. The predicted octanol–water partition coefficient (Wildman–Crippen LogP) is 2.02. The van der Waals surface area contributed by atoms with E-state index in [1.54, 1.807) is 6.07 Å². The number of carbonyl (C=O) groups is 1. The maximum Gasteiger partial charge on any atom is 0.335 e. The Morgan fingerprint density at radius 1 is 1.53 bits per heavy atom. The van der Waals surface area contributed by atoms with Gasteiger partial charge in [-0.3, -0.25) is 0 Å². The van der Waals surface area contributed by atoms with E-state index in [0.29, 0.717) is 17.7 Å². The summed E-state index contributed by atoms with van der Waals surface area (Å²) in [6, 6.07) is 4.40. The van der Waals surface area contributed by atoms with Crippen LogP contribution in [0, 0.1) is 11.8 Å². The SMILES string of the molecule is [N-]=[N+]=NCCC#Cc1cc(N)cc(C(=O)O)c1. The molecule has 0 amide bonds. The third kappa shape index (κ3) is 4.16. The highest BCUT2D eigenvalue weighted by molar-refractivity contribution is 5.89. The summed E-state index contributed by atoms with van der Waals surface area (Å²) in [6.45, 7) is 0.289. The van der Waals surface area contributed by atoms with E-state index < -0.39 is 5.97 Å². The highest BCUT2D eigenvalue weighted by Gasteiger charge is 2.04. The van der Waals surface area contributed by atoms with Crippen molar-refractivity contribution < 1.29 is 9.90 Å². The van der Waals surface area contributed by atoms with Gasteiger partial charge in [0.25, 0.3) is 0 Å². The largest absolute Gasteiger partial charge is 0.478 e. The van der Waals surface area contributed by atoms with E-state index in [4.69, 9.17) is 16.4 Å². The Morgan fingerprint density at radius 3 is 2.94 bits per heavy atom. The monoisotopic (exact) mass is 230 g/mol. The Morgan fingerprint density at radius 2 is 2.29 bits per heavy atom. The second-order valence-electron chi connectivity index (χ2n) is 3.16. The molecule has 0 atom stereocenters. The maximum atomic E-state index is 10.8. The molecule has 3 N–H and O–H groups in total. The van der Waals surface area contributed by atoms with Crippen molar-refractivity contribution in [3.63, 3.8) is 0 Å². The molecule has 0 unspecified atom stereocenters. The van der Waals surface area contributed by atoms with Crippen LogP contribution in [0.2, 0.25) is 0 Å². The summed E-state index contributed by atoms with van der Waals surface area (Å²) in [7, 11) is 0. The molecule has 0 fully saturated rings. The van der Waals surface area contributed by atoms with Crippen LogP contribution in [0.3, 0.4) is 0 Å². The normalized spacial score (nSPS) is 8.71. The van der Waals surface area contributed by atoms with Crippen LogP contribution >= 0.6 is 0 Å². The molecule has 17 heavy (non-hydrogen) atoms. The topological polar surface area (TPSA) is 112 Å². The van der Waals surface area contributed by atoms with Gasteiger partial charge in [0.15, 0.2) is 0 Å². The van der Waals surface area contributed by atoms with Crippen molar-refractivity contribution in [2.45, 2.75) is 6.42 Å². The Hall–Kier alpha value is -2.64. The number of hydrogen-bond donors (Lipinski definition) is 2. The number of anilines is 1. The standard InChI is InChI=1S/C11H10N4O2/c12-10-6-8(3-1-2-4-14-15-13)5-9(7-10)11(16)17/h5-7H,2,4,12H2,(H,16,17). The molecule has 0 bridgehead atoms. The number of nitrogens with two attached hydrogens (primary N) is 1. The Balaban J connectivity index is 2.83. The maximum absolute atomic E-state index is 10.8. The first-order valence-corrected chi connectivity index (χ1v) is 4.77. The lowest BCUT2D eigenvalue weighted by Gasteiger charge is -1.98. The van der Waals surface area contributed by atoms with Crippen molar-refractivity contribution in [3.8, 4) is 11.8 Å². The van der Waals surface area contributed by atoms with Crippen LogP contribution in [0.25, 0.3) is 10.4 Å². The van der Waals surface area contributed by atoms with E-state index in [2.05, 4.69) is 21.9 Å². The minimum absolute atomic E-state index is 0.101. The summed E-state index contributed by atoms with van der Waals surface area (Å²) < 4.78 is 0. The molecule has 0 saturated carbocycles. The van der Waals surface area contributed by atoms with E-state index in [0.717, 1.165) is 0 Å². The second kappa shape index (κ2) is 6.05. The quantitative estimate of drug-likeness (QED) is 0.207. The first kappa shape index (κ1) is 12.4. The number of rotatable bonds is 3. The van der Waals surface area contributed by atoms with Gasteiger partial charge in [0, 0.05) is 29.1 Å². The first-order valence-electron chi connectivity index (χ1n) is 4.77. The highest BCUT2D eigenvalue weighted by Crippen LogP contribution is 2.11. The summed E-state index contributed by atoms with van der Waals surface area (Å²) in [5, 5.41) is 12.1. The minimum atomic E-state index is -1.05. The van der Waals surface area contributed by atoms with Gasteiger partial charge in [0.05, 0.1) is 5.56 Å². The van der Waals surface area contributed by atoms with Crippen LogP contribution in [-0.2, 0) is 0 Å². The van der Waals surface area contributed by atoms with Gasteiger partial charge in [0.2, 0.25) is 0 Å². The van der Waals surface area contributed by atoms with Crippen LogP contribution < -0.4 is 5.73 Å². The number of nitrogens with zero attached hydrogens (tertiary/aromatic N) is 3. The molecule has 0 aliphatic heterocycles. The number of azide groups is 1. The van der Waals surface area contributed by atoms with Gasteiger partial charge < -0.3 is 10.8 Å². The zero-order chi connectivity index (χ0) is 12.7. The van der Waals surface area contributed by atoms with Crippen LogP contribution in [0.5, 0.6) is 0 Å². The number of carboxylic acid groups (broad SMARTS) is 1. The van der Waals surface area contributed by atoms with Crippen molar-refractivity contribution in [2.75, 3.05) is 12.3 Å². The van der Waals surface area contributed by atoms with E-state index >= 15 is 0 Å². The Kier molecular flexibility index (Phi) is 4.43. The molecule has 1 aromatic carbocycles. The molecule has 0 aliphatic rings. The minimum Gasteiger partial charge on any atom is -0.478 e. The van der Waals surface area contributed by atoms with Gasteiger partial charge in [-0.1, -0.05) is 17.0 Å². The van der Waals surface area contributed by atoms with Crippen LogP contribution in [0.15, 0.2) is 23.3 Å². The molecule has 0 saturated heterocycles. The summed E-state index contributed by atoms with van der Waals surface area (Å²) in [6.07, 6.45) is 0.418. The van der Waals surface area contributed by atoms with Crippen molar-refractivity contribution >= 4 is 11.7 Å². The molecule has 6 heteroatoms. The summed E-state index contributed by atoms with van der Waals surface area (Å²) >= 11 is 0. The number of carboxylic acids is 1. The number of nitrogen functional groups attached to an aromatic ring is 1. The lowest BCUT2D eigenvalue weighted by molar-refractivity contribution is 0.0697. The van der Waals surface area contributed by atoms with Crippen LogP contribution in [-0.4, -0.2) is 17.6 Å². The zero-order valence-corrected chi connectivity index (χ0v) is 8.92. The lowest BCUT2D eigenvalue weighted by atomic mass is 10.1. The van der Waals surface area contributed by atoms with Gasteiger partial charge in [0.1, 0.15) is 0 Å². The van der Waals surface area contributed by atoms with Gasteiger partial charge in [-0.05, 0) is 23.7 Å². The van der Waals surface area contributed by atoms with E-state index in [-0.39, 0.29) is 12.1 Å². The zero-order valence-electron chi connectivity index (χ0n) is 8.92. The predicted molar refractivity (Wildman–Crippen MR) is 63.3 cm³/mol. The molecule has 6 nitrogen and oxygen atoms in total. The summed E-state index contributed by atoms with van der Waals surface area (Å²) in [5.41, 5.74) is 14.6. The molecule has 1 rings (SSSR count). The second-order valence-corrected chi connectivity index (χ2v) is 3.16. The molecular formula is C11H10N4O2. The highest BCUT2D eigenvalue weighted by atomic mass is 16.4. The fourth-order valence-corrected chi connectivity index (χ4v) is 1.16. The van der Waals surface area contributed by atoms with E-state index in [1.165, 1.54) is 12.1 Å². The number of aromatic carboxylic acids is 1. The summed E-state index contributed by atoms with van der Waals surface area (Å²) in [4.78, 5) is 13.4. The van der Waals surface area contributed by atoms with Crippen molar-refractivity contribution in [1.82, 2.24) is 0 Å². The third-order valence-corrected chi connectivity index (χ3v) is 1.84. The fraction of sp³-hybridized carbons (Fsp3) is 0.182. The average Bonchev–Trinajstić information content (AvgIpc) is 2.28. The molecule has 1 aromatic rings. The van der Waals surface area contributed by atoms with Gasteiger partial charge >= 0.3 is 5.97 Å². The van der Waals surface area contributed by atoms with Crippen molar-refractivity contribution in [3.05, 3.63) is 39.8 Å². The molecule has 0 aliphatic carbocycles. The average molecular weight is 230 g/mol. The summed E-state index contributed by atoms with van der Waals surface area (Å²) in [5.74, 6) is 4.48. The Bertz CT molecular complexity index is 536. The third-order valence-electron chi connectivity index (χ3n) is 1.84. The number of hydrogen-bond acceptors (Lipinski definition) is 3. The van der Waals surface area contributed by atoms with E-state index in [1.807, 2.05) is 0 Å². The molecule has 0 aromatic heterocycles. The molecule has 86 valence electrons. The van der Waals surface area contributed by atoms with Crippen molar-refractivity contribution in [1.29, 1.82) is 0 Å². The van der Waals surface area contributed by atoms with Crippen LogP contribution in [0.4, 0.5) is 5.69 Å². The van der Waals surface area contributed by atoms with Gasteiger partial charge in [-0.15, -0.1) is 0 Å². The van der Waals surface area contributed by atoms with Crippen LogP contribution in [0.1, 0.15) is 22.3 Å². The Labute approximate surface area is 97.7 Å². The molecule has 0 spiro atoms.